The molecule has 0 saturated heterocycles. The van der Waals surface area contributed by atoms with Crippen LogP contribution in [0.3, 0.4) is 0 Å². The van der Waals surface area contributed by atoms with E-state index in [2.05, 4.69) is 21.9 Å². The molecule has 0 aliphatic heterocycles. The Bertz CT molecular complexity index is 677. The highest BCUT2D eigenvalue weighted by Crippen LogP contribution is 2.20. The van der Waals surface area contributed by atoms with Crippen molar-refractivity contribution >= 4 is 0 Å². The van der Waals surface area contributed by atoms with Crippen LogP contribution in [0.5, 0.6) is 5.75 Å². The van der Waals surface area contributed by atoms with Gasteiger partial charge in [-0.2, -0.15) is 0 Å². The molecule has 2 aromatic carbocycles. The lowest BCUT2D eigenvalue weighted by Crippen LogP contribution is -1.92. The summed E-state index contributed by atoms with van der Waals surface area (Å²) in [4.78, 5) is 2.90. The number of benzene rings is 2. The summed E-state index contributed by atoms with van der Waals surface area (Å²) in [6.45, 7) is 0. The quantitative estimate of drug-likeness (QED) is 0.351. The second kappa shape index (κ2) is 7.64. The standard InChI is InChI=1S/C17H15N3O/c1-21-16-12-10-14(11-13-16)6-5-9-17(19-20-18)15-7-3-2-4-8-15/h2-4,7-8,10-13,17H,9H2,1H3. The van der Waals surface area contributed by atoms with E-state index in [0.29, 0.717) is 6.42 Å². The van der Waals surface area contributed by atoms with Crippen LogP contribution in [0.15, 0.2) is 59.7 Å². The van der Waals surface area contributed by atoms with Gasteiger partial charge in [0.15, 0.2) is 0 Å². The zero-order valence-corrected chi connectivity index (χ0v) is 11.7. The van der Waals surface area contributed by atoms with Gasteiger partial charge in [0, 0.05) is 16.9 Å². The largest absolute Gasteiger partial charge is 0.497 e. The number of rotatable bonds is 4. The maximum atomic E-state index is 8.67. The van der Waals surface area contributed by atoms with Crippen LogP contribution >= 0.6 is 0 Å². The molecular weight excluding hydrogens is 262 g/mol. The Balaban J connectivity index is 2.09. The van der Waals surface area contributed by atoms with E-state index in [1.807, 2.05) is 54.6 Å². The first-order chi connectivity index (χ1) is 10.3. The summed E-state index contributed by atoms with van der Waals surface area (Å²) >= 11 is 0. The van der Waals surface area contributed by atoms with Gasteiger partial charge in [-0.15, -0.1) is 0 Å². The van der Waals surface area contributed by atoms with E-state index in [0.717, 1.165) is 16.9 Å². The van der Waals surface area contributed by atoms with Crippen molar-refractivity contribution in [3.8, 4) is 17.6 Å². The third kappa shape index (κ3) is 4.31. The highest BCUT2D eigenvalue weighted by atomic mass is 16.5. The van der Waals surface area contributed by atoms with Crippen LogP contribution in [0.1, 0.15) is 23.6 Å². The molecule has 4 nitrogen and oxygen atoms in total. The number of nitrogens with zero attached hydrogens (tertiary/aromatic N) is 3. The van der Waals surface area contributed by atoms with Crippen LogP contribution in [-0.4, -0.2) is 7.11 Å². The van der Waals surface area contributed by atoms with E-state index >= 15 is 0 Å². The SMILES string of the molecule is COc1ccc(C#CCC(N=[N+]=[N-])c2ccccc2)cc1. The maximum absolute atomic E-state index is 8.67. The molecule has 4 heteroatoms. The molecule has 104 valence electrons. The van der Waals surface area contributed by atoms with Crippen molar-refractivity contribution in [1.29, 1.82) is 0 Å². The van der Waals surface area contributed by atoms with E-state index < -0.39 is 0 Å². The highest BCUT2D eigenvalue weighted by molar-refractivity contribution is 5.38. The van der Waals surface area contributed by atoms with Gasteiger partial charge in [-0.3, -0.25) is 0 Å². The smallest absolute Gasteiger partial charge is 0.118 e. The molecular formula is C17H15N3O. The third-order valence-corrected chi connectivity index (χ3v) is 2.99. The van der Waals surface area contributed by atoms with Gasteiger partial charge in [-0.25, -0.2) is 0 Å². The lowest BCUT2D eigenvalue weighted by atomic mass is 10.0. The zero-order valence-electron chi connectivity index (χ0n) is 11.7. The van der Waals surface area contributed by atoms with Gasteiger partial charge in [-0.05, 0) is 35.4 Å². The molecule has 0 heterocycles. The minimum atomic E-state index is -0.262. The van der Waals surface area contributed by atoms with Gasteiger partial charge in [0.2, 0.25) is 0 Å². The molecule has 0 aromatic heterocycles. The monoisotopic (exact) mass is 277 g/mol. The lowest BCUT2D eigenvalue weighted by Gasteiger charge is -2.06. The fourth-order valence-electron chi connectivity index (χ4n) is 1.89. The summed E-state index contributed by atoms with van der Waals surface area (Å²) in [5.41, 5.74) is 10.5. The van der Waals surface area contributed by atoms with Crippen molar-refractivity contribution in [2.75, 3.05) is 7.11 Å². The Hall–Kier alpha value is -2.89. The molecule has 0 radical (unpaired) electrons. The van der Waals surface area contributed by atoms with Gasteiger partial charge in [0.25, 0.3) is 0 Å². The molecule has 1 unspecified atom stereocenters. The molecule has 21 heavy (non-hydrogen) atoms. The Morgan fingerprint density at radius 2 is 1.86 bits per heavy atom. The van der Waals surface area contributed by atoms with Crippen LogP contribution in [0.2, 0.25) is 0 Å². The van der Waals surface area contributed by atoms with Crippen molar-refractivity contribution < 1.29 is 4.74 Å². The predicted octanol–water partition coefficient (Wildman–Crippen LogP) is 4.49. The second-order valence-electron chi connectivity index (χ2n) is 4.37. The summed E-state index contributed by atoms with van der Waals surface area (Å²) in [5, 5.41) is 3.81. The maximum Gasteiger partial charge on any atom is 0.118 e. The van der Waals surface area contributed by atoms with E-state index in [9.17, 15) is 0 Å². The summed E-state index contributed by atoms with van der Waals surface area (Å²) in [6, 6.07) is 16.9. The molecule has 0 N–H and O–H groups in total. The topological polar surface area (TPSA) is 58.0 Å². The minimum absolute atomic E-state index is 0.262. The summed E-state index contributed by atoms with van der Waals surface area (Å²) < 4.78 is 5.10. The van der Waals surface area contributed by atoms with Gasteiger partial charge >= 0.3 is 0 Å². The van der Waals surface area contributed by atoms with Crippen LogP contribution in [-0.2, 0) is 0 Å². The predicted molar refractivity (Wildman–Crippen MR) is 82.8 cm³/mol. The average Bonchev–Trinajstić information content (AvgIpc) is 2.55. The molecule has 2 rings (SSSR count). The lowest BCUT2D eigenvalue weighted by molar-refractivity contribution is 0.415. The molecule has 0 bridgehead atoms. The van der Waals surface area contributed by atoms with Crippen molar-refractivity contribution in [3.63, 3.8) is 0 Å². The molecule has 0 spiro atoms. The molecule has 0 fully saturated rings. The van der Waals surface area contributed by atoms with E-state index in [1.165, 1.54) is 0 Å². The normalized spacial score (nSPS) is 10.7. The molecule has 0 amide bonds. The van der Waals surface area contributed by atoms with Crippen LogP contribution in [0.25, 0.3) is 10.4 Å². The Kier molecular flexibility index (Phi) is 5.28. The van der Waals surface area contributed by atoms with Crippen LogP contribution < -0.4 is 4.74 Å². The van der Waals surface area contributed by atoms with Crippen molar-refractivity contribution in [3.05, 3.63) is 76.2 Å². The number of ether oxygens (including phenoxy) is 1. The fourth-order valence-corrected chi connectivity index (χ4v) is 1.89. The van der Waals surface area contributed by atoms with Crippen LogP contribution in [0, 0.1) is 11.8 Å². The average molecular weight is 277 g/mol. The number of hydrogen-bond acceptors (Lipinski definition) is 2. The Morgan fingerprint density at radius 1 is 1.14 bits per heavy atom. The molecule has 0 aliphatic carbocycles. The van der Waals surface area contributed by atoms with Crippen LogP contribution in [0.4, 0.5) is 0 Å². The van der Waals surface area contributed by atoms with Crippen molar-refractivity contribution in [2.45, 2.75) is 12.5 Å². The molecule has 0 aliphatic rings. The number of azide groups is 1. The molecule has 1 atom stereocenters. The summed E-state index contributed by atoms with van der Waals surface area (Å²) in [6.07, 6.45) is 0.486. The molecule has 0 saturated carbocycles. The summed E-state index contributed by atoms with van der Waals surface area (Å²) in [7, 11) is 1.63. The third-order valence-electron chi connectivity index (χ3n) is 2.99. The van der Waals surface area contributed by atoms with Crippen molar-refractivity contribution in [2.24, 2.45) is 5.11 Å². The van der Waals surface area contributed by atoms with Gasteiger partial charge in [0.05, 0.1) is 13.2 Å². The minimum Gasteiger partial charge on any atom is -0.497 e. The number of hydrogen-bond donors (Lipinski definition) is 0. The zero-order chi connectivity index (χ0) is 14.9. The molecule has 2 aromatic rings. The van der Waals surface area contributed by atoms with Gasteiger partial charge in [0.1, 0.15) is 5.75 Å². The van der Waals surface area contributed by atoms with E-state index in [4.69, 9.17) is 10.3 Å². The van der Waals surface area contributed by atoms with Gasteiger partial charge < -0.3 is 4.74 Å². The first-order valence-electron chi connectivity index (χ1n) is 6.55. The second-order valence-corrected chi connectivity index (χ2v) is 4.37. The van der Waals surface area contributed by atoms with E-state index in [1.54, 1.807) is 7.11 Å². The summed E-state index contributed by atoms with van der Waals surface area (Å²) in [5.74, 6) is 6.94. The Labute approximate surface area is 124 Å². The van der Waals surface area contributed by atoms with Gasteiger partial charge in [-0.1, -0.05) is 47.3 Å². The Morgan fingerprint density at radius 3 is 2.48 bits per heavy atom. The number of methoxy groups -OCH3 is 1. The highest BCUT2D eigenvalue weighted by Gasteiger charge is 2.06. The van der Waals surface area contributed by atoms with E-state index in [-0.39, 0.29) is 6.04 Å². The first-order valence-corrected chi connectivity index (χ1v) is 6.55. The fraction of sp³-hybridized carbons (Fsp3) is 0.176. The van der Waals surface area contributed by atoms with Crippen molar-refractivity contribution in [1.82, 2.24) is 0 Å². The first kappa shape index (κ1) is 14.5.